The van der Waals surface area contributed by atoms with Crippen LogP contribution in [0.4, 0.5) is 5.69 Å². The second-order valence-electron chi connectivity index (χ2n) is 4.96. The summed E-state index contributed by atoms with van der Waals surface area (Å²) in [5.41, 5.74) is 2.02. The minimum atomic E-state index is -0.260. The molecule has 2 aromatic rings. The maximum Gasteiger partial charge on any atom is 0.310 e. The molecule has 0 saturated carbocycles. The maximum atomic E-state index is 12.2. The number of ether oxygens (including phenoxy) is 1. The van der Waals surface area contributed by atoms with E-state index in [1.807, 2.05) is 0 Å². The fourth-order valence-corrected chi connectivity index (χ4v) is 2.14. The lowest BCUT2D eigenvalue weighted by molar-refractivity contribution is -0.142. The van der Waals surface area contributed by atoms with Crippen molar-refractivity contribution in [1.29, 1.82) is 0 Å². The lowest BCUT2D eigenvalue weighted by Gasteiger charge is -2.06. The van der Waals surface area contributed by atoms with Gasteiger partial charge in [0.1, 0.15) is 11.5 Å². The van der Waals surface area contributed by atoms with Crippen LogP contribution in [0.5, 0.6) is 0 Å². The van der Waals surface area contributed by atoms with Gasteiger partial charge in [-0.25, -0.2) is 0 Å². The molecule has 0 aliphatic heterocycles. The lowest BCUT2D eigenvalue weighted by atomic mass is 10.1. The highest BCUT2D eigenvalue weighted by Crippen LogP contribution is 2.17. The lowest BCUT2D eigenvalue weighted by Crippen LogP contribution is -2.12. The van der Waals surface area contributed by atoms with Crippen molar-refractivity contribution in [3.05, 3.63) is 53.0 Å². The molecule has 0 bridgehead atoms. The first kappa shape index (κ1) is 15.8. The predicted molar refractivity (Wildman–Crippen MR) is 82.9 cm³/mol. The van der Waals surface area contributed by atoms with Crippen LogP contribution in [0, 0.1) is 13.8 Å². The molecule has 1 aromatic carbocycles. The van der Waals surface area contributed by atoms with Crippen LogP contribution < -0.4 is 5.32 Å². The molecule has 2 rings (SSSR count). The molecule has 1 heterocycles. The Morgan fingerprint density at radius 3 is 2.41 bits per heavy atom. The van der Waals surface area contributed by atoms with Gasteiger partial charge in [-0.3, -0.25) is 9.59 Å². The summed E-state index contributed by atoms with van der Waals surface area (Å²) in [5, 5.41) is 2.80. The van der Waals surface area contributed by atoms with Gasteiger partial charge in [-0.2, -0.15) is 0 Å². The van der Waals surface area contributed by atoms with Crippen LogP contribution in [0.15, 0.2) is 34.7 Å². The first-order valence-corrected chi connectivity index (χ1v) is 7.12. The summed E-state index contributed by atoms with van der Waals surface area (Å²) < 4.78 is 10.2. The molecule has 0 aliphatic carbocycles. The predicted octanol–water partition coefficient (Wildman–Crippen LogP) is 3.25. The highest BCUT2D eigenvalue weighted by Gasteiger charge is 2.13. The SMILES string of the molecule is CCOC(=O)Cc1ccc(NC(=O)c2cc(C)oc2C)cc1. The summed E-state index contributed by atoms with van der Waals surface area (Å²) >= 11 is 0. The van der Waals surface area contributed by atoms with Crippen LogP contribution in [-0.4, -0.2) is 18.5 Å². The van der Waals surface area contributed by atoms with Gasteiger partial charge in [0.05, 0.1) is 18.6 Å². The van der Waals surface area contributed by atoms with Gasteiger partial charge in [-0.05, 0) is 44.5 Å². The Kier molecular flexibility index (Phi) is 4.99. The molecule has 1 amide bonds. The summed E-state index contributed by atoms with van der Waals surface area (Å²) in [4.78, 5) is 23.5. The third-order valence-electron chi connectivity index (χ3n) is 3.15. The highest BCUT2D eigenvalue weighted by molar-refractivity contribution is 6.05. The van der Waals surface area contributed by atoms with Crippen molar-refractivity contribution in [2.45, 2.75) is 27.2 Å². The Hall–Kier alpha value is -2.56. The molecule has 0 spiro atoms. The van der Waals surface area contributed by atoms with Gasteiger partial charge in [-0.1, -0.05) is 12.1 Å². The first-order valence-electron chi connectivity index (χ1n) is 7.12. The van der Waals surface area contributed by atoms with Crippen LogP contribution in [0.1, 0.15) is 34.4 Å². The number of esters is 1. The van der Waals surface area contributed by atoms with Crippen molar-refractivity contribution >= 4 is 17.6 Å². The Labute approximate surface area is 129 Å². The zero-order chi connectivity index (χ0) is 16.1. The van der Waals surface area contributed by atoms with Crippen molar-refractivity contribution in [3.8, 4) is 0 Å². The minimum Gasteiger partial charge on any atom is -0.466 e. The summed E-state index contributed by atoms with van der Waals surface area (Å²) in [6, 6.07) is 8.81. The number of hydrogen-bond acceptors (Lipinski definition) is 4. The van der Waals surface area contributed by atoms with Crippen molar-refractivity contribution in [1.82, 2.24) is 0 Å². The van der Waals surface area contributed by atoms with Crippen LogP contribution in [0.25, 0.3) is 0 Å². The van der Waals surface area contributed by atoms with E-state index >= 15 is 0 Å². The summed E-state index contributed by atoms with van der Waals surface area (Å²) in [7, 11) is 0. The molecule has 5 nitrogen and oxygen atoms in total. The molecule has 0 unspecified atom stereocenters. The van der Waals surface area contributed by atoms with Gasteiger partial charge < -0.3 is 14.5 Å². The zero-order valence-electron chi connectivity index (χ0n) is 12.9. The van der Waals surface area contributed by atoms with E-state index in [1.165, 1.54) is 0 Å². The molecule has 5 heteroatoms. The summed E-state index contributed by atoms with van der Waals surface area (Å²) in [5.74, 6) is 0.817. The van der Waals surface area contributed by atoms with Gasteiger partial charge in [0.25, 0.3) is 5.91 Å². The number of benzene rings is 1. The monoisotopic (exact) mass is 301 g/mol. The van der Waals surface area contributed by atoms with E-state index in [0.717, 1.165) is 5.56 Å². The largest absolute Gasteiger partial charge is 0.466 e. The number of anilines is 1. The minimum absolute atomic E-state index is 0.215. The molecule has 0 radical (unpaired) electrons. The molecular formula is C17H19NO4. The molecule has 1 aromatic heterocycles. The molecule has 1 N–H and O–H groups in total. The third-order valence-corrected chi connectivity index (χ3v) is 3.15. The number of furan rings is 1. The molecular weight excluding hydrogens is 282 g/mol. The molecule has 0 saturated heterocycles. The number of carbonyl (C=O) groups is 2. The van der Waals surface area contributed by atoms with Crippen molar-refractivity contribution in [2.24, 2.45) is 0 Å². The van der Waals surface area contributed by atoms with E-state index in [9.17, 15) is 9.59 Å². The van der Waals surface area contributed by atoms with Crippen molar-refractivity contribution in [3.63, 3.8) is 0 Å². The van der Waals surface area contributed by atoms with Gasteiger partial charge >= 0.3 is 5.97 Å². The molecule has 0 aliphatic rings. The van der Waals surface area contributed by atoms with Gasteiger partial charge in [0.2, 0.25) is 0 Å². The molecule has 116 valence electrons. The zero-order valence-corrected chi connectivity index (χ0v) is 12.9. The van der Waals surface area contributed by atoms with Crippen LogP contribution >= 0.6 is 0 Å². The van der Waals surface area contributed by atoms with E-state index in [-0.39, 0.29) is 18.3 Å². The van der Waals surface area contributed by atoms with Crippen molar-refractivity contribution < 1.29 is 18.7 Å². The Morgan fingerprint density at radius 1 is 1.18 bits per heavy atom. The first-order chi connectivity index (χ1) is 10.5. The van der Waals surface area contributed by atoms with E-state index in [2.05, 4.69) is 5.32 Å². The maximum absolute atomic E-state index is 12.2. The number of rotatable bonds is 5. The molecule has 0 atom stereocenters. The summed E-state index contributed by atoms with van der Waals surface area (Å²) in [6.07, 6.45) is 0.224. The molecule has 0 fully saturated rings. The molecule has 22 heavy (non-hydrogen) atoms. The van der Waals surface area contributed by atoms with E-state index in [0.29, 0.717) is 29.4 Å². The van der Waals surface area contributed by atoms with Crippen LogP contribution in [0.2, 0.25) is 0 Å². The smallest absolute Gasteiger partial charge is 0.310 e. The van der Waals surface area contributed by atoms with Crippen molar-refractivity contribution in [2.75, 3.05) is 11.9 Å². The Bertz CT molecular complexity index is 670. The number of aryl methyl sites for hydroxylation is 2. The van der Waals surface area contributed by atoms with Crippen LogP contribution in [-0.2, 0) is 16.0 Å². The number of hydrogen-bond donors (Lipinski definition) is 1. The average Bonchev–Trinajstić information content (AvgIpc) is 2.80. The van der Waals surface area contributed by atoms with E-state index in [1.54, 1.807) is 51.1 Å². The normalized spacial score (nSPS) is 10.3. The standard InChI is InChI=1S/C17H19NO4/c1-4-21-16(19)10-13-5-7-14(8-6-13)18-17(20)15-9-11(2)22-12(15)3/h5-9H,4,10H2,1-3H3,(H,18,20). The number of nitrogens with one attached hydrogen (secondary N) is 1. The Balaban J connectivity index is 2.00. The second-order valence-corrected chi connectivity index (χ2v) is 4.96. The quantitative estimate of drug-likeness (QED) is 0.861. The number of carbonyl (C=O) groups excluding carboxylic acids is 2. The van der Waals surface area contributed by atoms with Gasteiger partial charge in [-0.15, -0.1) is 0 Å². The average molecular weight is 301 g/mol. The fourth-order valence-electron chi connectivity index (χ4n) is 2.14. The van der Waals surface area contributed by atoms with Gasteiger partial charge in [0.15, 0.2) is 0 Å². The Morgan fingerprint density at radius 2 is 1.86 bits per heavy atom. The van der Waals surface area contributed by atoms with E-state index < -0.39 is 0 Å². The highest BCUT2D eigenvalue weighted by atomic mass is 16.5. The number of amides is 1. The second kappa shape index (κ2) is 6.93. The van der Waals surface area contributed by atoms with E-state index in [4.69, 9.17) is 9.15 Å². The summed E-state index contributed by atoms with van der Waals surface area (Å²) in [6.45, 7) is 5.70. The van der Waals surface area contributed by atoms with Crippen LogP contribution in [0.3, 0.4) is 0 Å². The topological polar surface area (TPSA) is 68.5 Å². The fraction of sp³-hybridized carbons (Fsp3) is 0.294. The van der Waals surface area contributed by atoms with Gasteiger partial charge in [0, 0.05) is 5.69 Å². The third kappa shape index (κ3) is 3.97.